The third-order valence-electron chi connectivity index (χ3n) is 3.60. The second-order valence-corrected chi connectivity index (χ2v) is 5.65. The molecule has 0 heterocycles. The van der Waals surface area contributed by atoms with Crippen molar-refractivity contribution in [2.24, 2.45) is 17.1 Å². The summed E-state index contributed by atoms with van der Waals surface area (Å²) >= 11 is 12.2. The summed E-state index contributed by atoms with van der Waals surface area (Å²) in [5.74, 6) is 0.974. The van der Waals surface area contributed by atoms with Gasteiger partial charge in [0.05, 0.1) is 0 Å². The highest BCUT2D eigenvalue weighted by Crippen LogP contribution is 2.64. The SMILES string of the molecule is CC1(C)C(CN)C1c1cc(Cl)ccc1Cl. The molecule has 2 unspecified atom stereocenters. The van der Waals surface area contributed by atoms with E-state index in [2.05, 4.69) is 13.8 Å². The summed E-state index contributed by atoms with van der Waals surface area (Å²) in [6.07, 6.45) is 0. The molecule has 0 amide bonds. The molecule has 1 saturated carbocycles. The summed E-state index contributed by atoms with van der Waals surface area (Å²) < 4.78 is 0. The summed E-state index contributed by atoms with van der Waals surface area (Å²) in [5, 5.41) is 1.54. The van der Waals surface area contributed by atoms with Crippen LogP contribution in [0.25, 0.3) is 0 Å². The van der Waals surface area contributed by atoms with E-state index in [0.29, 0.717) is 18.4 Å². The molecule has 0 aliphatic heterocycles. The lowest BCUT2D eigenvalue weighted by Crippen LogP contribution is -2.05. The molecule has 3 heteroatoms. The van der Waals surface area contributed by atoms with Crippen LogP contribution in [-0.2, 0) is 0 Å². The van der Waals surface area contributed by atoms with E-state index in [1.807, 2.05) is 18.2 Å². The van der Waals surface area contributed by atoms with Crippen LogP contribution in [0.2, 0.25) is 10.0 Å². The molecule has 15 heavy (non-hydrogen) atoms. The standard InChI is InChI=1S/C12H15Cl2N/c1-12(2)9(6-15)11(12)8-5-7(13)3-4-10(8)14/h3-5,9,11H,6,15H2,1-2H3. The molecule has 0 aromatic heterocycles. The largest absolute Gasteiger partial charge is 0.330 e. The van der Waals surface area contributed by atoms with Gasteiger partial charge in [-0.25, -0.2) is 0 Å². The van der Waals surface area contributed by atoms with Gasteiger partial charge in [-0.05, 0) is 47.6 Å². The van der Waals surface area contributed by atoms with Crippen molar-refractivity contribution in [3.05, 3.63) is 33.8 Å². The van der Waals surface area contributed by atoms with Gasteiger partial charge >= 0.3 is 0 Å². The van der Waals surface area contributed by atoms with Gasteiger partial charge < -0.3 is 5.73 Å². The van der Waals surface area contributed by atoms with E-state index in [1.54, 1.807) is 0 Å². The molecule has 1 nitrogen and oxygen atoms in total. The summed E-state index contributed by atoms with van der Waals surface area (Å²) in [7, 11) is 0. The van der Waals surface area contributed by atoms with Crippen molar-refractivity contribution in [3.63, 3.8) is 0 Å². The normalized spacial score (nSPS) is 27.8. The van der Waals surface area contributed by atoms with E-state index in [-0.39, 0.29) is 5.41 Å². The second kappa shape index (κ2) is 3.65. The Kier molecular flexibility index (Phi) is 2.74. The quantitative estimate of drug-likeness (QED) is 0.843. The molecule has 1 aromatic carbocycles. The number of nitrogens with two attached hydrogens (primary N) is 1. The van der Waals surface area contributed by atoms with Crippen LogP contribution in [0, 0.1) is 11.3 Å². The molecule has 1 aromatic rings. The third kappa shape index (κ3) is 1.77. The van der Waals surface area contributed by atoms with Crippen molar-refractivity contribution >= 4 is 23.2 Å². The number of hydrogen-bond donors (Lipinski definition) is 1. The van der Waals surface area contributed by atoms with Crippen LogP contribution < -0.4 is 5.73 Å². The fourth-order valence-corrected chi connectivity index (χ4v) is 2.97. The first-order valence-corrected chi connectivity index (χ1v) is 5.89. The summed E-state index contributed by atoms with van der Waals surface area (Å²) in [4.78, 5) is 0. The first-order chi connectivity index (χ1) is 6.98. The lowest BCUT2D eigenvalue weighted by atomic mass is 10.0. The number of rotatable bonds is 2. The Bertz CT molecular complexity index is 387. The molecule has 2 atom stereocenters. The van der Waals surface area contributed by atoms with Crippen LogP contribution in [0.3, 0.4) is 0 Å². The van der Waals surface area contributed by atoms with Crippen molar-refractivity contribution in [2.45, 2.75) is 19.8 Å². The lowest BCUT2D eigenvalue weighted by molar-refractivity contribution is 0.558. The fraction of sp³-hybridized carbons (Fsp3) is 0.500. The van der Waals surface area contributed by atoms with Gasteiger partial charge in [-0.2, -0.15) is 0 Å². The fourth-order valence-electron chi connectivity index (χ4n) is 2.55. The van der Waals surface area contributed by atoms with E-state index >= 15 is 0 Å². The Morgan fingerprint density at radius 1 is 1.33 bits per heavy atom. The molecule has 0 saturated heterocycles. The molecule has 2 N–H and O–H groups in total. The van der Waals surface area contributed by atoms with E-state index in [0.717, 1.165) is 15.6 Å². The summed E-state index contributed by atoms with van der Waals surface area (Å²) in [6.45, 7) is 5.17. The Hall–Kier alpha value is -0.240. The average molecular weight is 244 g/mol. The topological polar surface area (TPSA) is 26.0 Å². The Morgan fingerprint density at radius 2 is 2.00 bits per heavy atom. The van der Waals surface area contributed by atoms with Gasteiger partial charge in [-0.1, -0.05) is 37.0 Å². The minimum Gasteiger partial charge on any atom is -0.330 e. The van der Waals surface area contributed by atoms with Crippen molar-refractivity contribution in [2.75, 3.05) is 6.54 Å². The molecule has 0 spiro atoms. The van der Waals surface area contributed by atoms with Crippen molar-refractivity contribution in [1.29, 1.82) is 0 Å². The molecule has 1 aliphatic rings. The van der Waals surface area contributed by atoms with Gasteiger partial charge in [0.2, 0.25) is 0 Å². The molecule has 82 valence electrons. The number of hydrogen-bond acceptors (Lipinski definition) is 1. The maximum Gasteiger partial charge on any atom is 0.0442 e. The predicted molar refractivity (Wildman–Crippen MR) is 65.5 cm³/mol. The van der Waals surface area contributed by atoms with Crippen molar-refractivity contribution in [1.82, 2.24) is 0 Å². The van der Waals surface area contributed by atoms with Crippen LogP contribution in [0.15, 0.2) is 18.2 Å². The molecule has 2 rings (SSSR count). The highest BCUT2D eigenvalue weighted by molar-refractivity contribution is 6.33. The van der Waals surface area contributed by atoms with Crippen molar-refractivity contribution < 1.29 is 0 Å². The molecule has 1 fully saturated rings. The van der Waals surface area contributed by atoms with Crippen LogP contribution >= 0.6 is 23.2 Å². The number of halogens is 2. The highest BCUT2D eigenvalue weighted by Gasteiger charge is 2.57. The number of benzene rings is 1. The smallest absolute Gasteiger partial charge is 0.0442 e. The second-order valence-electron chi connectivity index (χ2n) is 4.81. The summed E-state index contributed by atoms with van der Waals surface area (Å²) in [5.41, 5.74) is 7.15. The minimum atomic E-state index is 0.253. The lowest BCUT2D eigenvalue weighted by Gasteiger charge is -2.06. The Labute approximate surface area is 101 Å². The van der Waals surface area contributed by atoms with E-state index in [1.165, 1.54) is 0 Å². The first-order valence-electron chi connectivity index (χ1n) is 5.13. The zero-order valence-corrected chi connectivity index (χ0v) is 10.4. The van der Waals surface area contributed by atoms with Crippen LogP contribution in [0.1, 0.15) is 25.3 Å². The molecule has 0 bridgehead atoms. The van der Waals surface area contributed by atoms with Gasteiger partial charge in [-0.15, -0.1) is 0 Å². The zero-order chi connectivity index (χ0) is 11.2. The van der Waals surface area contributed by atoms with Crippen LogP contribution in [0.5, 0.6) is 0 Å². The van der Waals surface area contributed by atoms with Gasteiger partial charge in [-0.3, -0.25) is 0 Å². The third-order valence-corrected chi connectivity index (χ3v) is 4.18. The van der Waals surface area contributed by atoms with E-state index in [4.69, 9.17) is 28.9 Å². The van der Waals surface area contributed by atoms with Gasteiger partial charge in [0.1, 0.15) is 0 Å². The molecule has 0 radical (unpaired) electrons. The monoisotopic (exact) mass is 243 g/mol. The molecular formula is C12H15Cl2N. The molecular weight excluding hydrogens is 229 g/mol. The average Bonchev–Trinajstić information content (AvgIpc) is 2.72. The van der Waals surface area contributed by atoms with Crippen LogP contribution in [0.4, 0.5) is 0 Å². The maximum absolute atomic E-state index is 6.18. The van der Waals surface area contributed by atoms with E-state index in [9.17, 15) is 0 Å². The van der Waals surface area contributed by atoms with Gasteiger partial charge in [0.15, 0.2) is 0 Å². The van der Waals surface area contributed by atoms with Gasteiger partial charge in [0, 0.05) is 10.0 Å². The molecule has 1 aliphatic carbocycles. The van der Waals surface area contributed by atoms with E-state index < -0.39 is 0 Å². The summed E-state index contributed by atoms with van der Waals surface area (Å²) in [6, 6.07) is 5.65. The van der Waals surface area contributed by atoms with Gasteiger partial charge in [0.25, 0.3) is 0 Å². The maximum atomic E-state index is 6.18. The minimum absolute atomic E-state index is 0.253. The highest BCUT2D eigenvalue weighted by atomic mass is 35.5. The van der Waals surface area contributed by atoms with Crippen molar-refractivity contribution in [3.8, 4) is 0 Å². The first kappa shape index (κ1) is 11.3. The van der Waals surface area contributed by atoms with Crippen LogP contribution in [-0.4, -0.2) is 6.54 Å². The Balaban J connectivity index is 2.36. The Morgan fingerprint density at radius 3 is 2.53 bits per heavy atom. The zero-order valence-electron chi connectivity index (χ0n) is 8.93. The predicted octanol–water partition coefficient (Wildman–Crippen LogP) is 3.69.